The molecule has 0 saturated heterocycles. The Balaban J connectivity index is 2.04. The summed E-state index contributed by atoms with van der Waals surface area (Å²) in [5.41, 5.74) is 2.87. The molecular formula is C21H21FO4. The van der Waals surface area contributed by atoms with Crippen molar-refractivity contribution < 1.29 is 23.5 Å². The van der Waals surface area contributed by atoms with Crippen molar-refractivity contribution in [2.75, 3.05) is 14.2 Å². The van der Waals surface area contributed by atoms with E-state index in [0.29, 0.717) is 12.8 Å². The number of rotatable bonds is 4. The number of halogens is 1. The summed E-state index contributed by atoms with van der Waals surface area (Å²) in [5.74, 6) is -2.86. The number of ether oxygens (including phenoxy) is 2. The van der Waals surface area contributed by atoms with Gasteiger partial charge in [-0.3, -0.25) is 9.59 Å². The van der Waals surface area contributed by atoms with Crippen molar-refractivity contribution in [3.63, 3.8) is 0 Å². The molecule has 26 heavy (non-hydrogen) atoms. The lowest BCUT2D eigenvalue weighted by Gasteiger charge is -2.34. The van der Waals surface area contributed by atoms with E-state index in [9.17, 15) is 14.0 Å². The zero-order chi connectivity index (χ0) is 18.7. The lowest BCUT2D eigenvalue weighted by Crippen LogP contribution is -2.37. The van der Waals surface area contributed by atoms with E-state index in [2.05, 4.69) is 0 Å². The summed E-state index contributed by atoms with van der Waals surface area (Å²) in [6, 6.07) is 14.4. The van der Waals surface area contributed by atoms with Crippen molar-refractivity contribution >= 4 is 11.9 Å². The summed E-state index contributed by atoms with van der Waals surface area (Å²) in [4.78, 5) is 24.5. The maximum atomic E-state index is 13.9. The van der Waals surface area contributed by atoms with Gasteiger partial charge in [0.15, 0.2) is 5.92 Å². The van der Waals surface area contributed by atoms with Crippen molar-refractivity contribution in [2.24, 2.45) is 11.8 Å². The number of esters is 2. The lowest BCUT2D eigenvalue weighted by molar-refractivity contribution is -0.161. The molecule has 0 heterocycles. The number of carbonyl (C=O) groups excluding carboxylic acids is 2. The maximum Gasteiger partial charge on any atom is 0.320 e. The molecule has 0 spiro atoms. The predicted octanol–water partition coefficient (Wildman–Crippen LogP) is 3.48. The molecule has 0 bridgehead atoms. The molecule has 0 fully saturated rings. The number of hydrogen-bond acceptors (Lipinski definition) is 4. The molecule has 0 aliphatic heterocycles. The van der Waals surface area contributed by atoms with E-state index in [1.54, 1.807) is 12.1 Å². The first-order chi connectivity index (χ1) is 12.5. The second-order valence-corrected chi connectivity index (χ2v) is 6.53. The first kappa shape index (κ1) is 18.1. The second-order valence-electron chi connectivity index (χ2n) is 6.53. The number of hydrogen-bond donors (Lipinski definition) is 0. The van der Waals surface area contributed by atoms with E-state index in [0.717, 1.165) is 16.7 Å². The van der Waals surface area contributed by atoms with Crippen LogP contribution in [0.1, 0.15) is 29.0 Å². The van der Waals surface area contributed by atoms with Crippen molar-refractivity contribution in [1.29, 1.82) is 0 Å². The topological polar surface area (TPSA) is 52.6 Å². The largest absolute Gasteiger partial charge is 0.468 e. The molecule has 0 saturated carbocycles. The zero-order valence-corrected chi connectivity index (χ0v) is 14.8. The lowest BCUT2D eigenvalue weighted by atomic mass is 9.70. The summed E-state index contributed by atoms with van der Waals surface area (Å²) in [6.07, 6.45) is 1.03. The van der Waals surface area contributed by atoms with Crippen LogP contribution in [0.4, 0.5) is 4.39 Å². The highest BCUT2D eigenvalue weighted by atomic mass is 19.1. The van der Waals surface area contributed by atoms with Gasteiger partial charge in [-0.15, -0.1) is 0 Å². The molecule has 2 atom stereocenters. The Morgan fingerprint density at radius 2 is 1.69 bits per heavy atom. The Hall–Kier alpha value is -2.69. The molecule has 1 aliphatic carbocycles. The monoisotopic (exact) mass is 356 g/mol. The summed E-state index contributed by atoms with van der Waals surface area (Å²) in [7, 11) is 2.53. The smallest absolute Gasteiger partial charge is 0.320 e. The third-order valence-corrected chi connectivity index (χ3v) is 5.09. The van der Waals surface area contributed by atoms with Crippen LogP contribution in [0.25, 0.3) is 0 Å². The molecule has 0 radical (unpaired) electrons. The van der Waals surface area contributed by atoms with Crippen LogP contribution in [-0.4, -0.2) is 26.2 Å². The van der Waals surface area contributed by atoms with Gasteiger partial charge in [0.25, 0.3) is 0 Å². The van der Waals surface area contributed by atoms with E-state index in [1.807, 2.05) is 30.3 Å². The zero-order valence-electron chi connectivity index (χ0n) is 14.8. The van der Waals surface area contributed by atoms with E-state index >= 15 is 0 Å². The van der Waals surface area contributed by atoms with Crippen LogP contribution in [-0.2, 0) is 25.5 Å². The minimum Gasteiger partial charge on any atom is -0.468 e. The maximum absolute atomic E-state index is 13.9. The minimum absolute atomic E-state index is 0.0996. The van der Waals surface area contributed by atoms with Gasteiger partial charge in [-0.25, -0.2) is 4.39 Å². The standard InChI is InChI=1S/C21H21FO4/c1-25-20(23)19(21(24)26-2)15-10-14-8-9-16(22)12-18(14)17(11-15)13-6-4-3-5-7-13/h3-9,12,15,17,19H,10-11H2,1-2H3/t15-,17+/m1/s1. The van der Waals surface area contributed by atoms with Gasteiger partial charge in [-0.1, -0.05) is 36.4 Å². The van der Waals surface area contributed by atoms with E-state index in [4.69, 9.17) is 9.47 Å². The molecule has 5 heteroatoms. The van der Waals surface area contributed by atoms with Crippen molar-refractivity contribution in [2.45, 2.75) is 18.8 Å². The van der Waals surface area contributed by atoms with Crippen LogP contribution in [0.2, 0.25) is 0 Å². The molecule has 2 aromatic rings. The average molecular weight is 356 g/mol. The van der Waals surface area contributed by atoms with Gasteiger partial charge in [0.1, 0.15) is 5.82 Å². The summed E-state index contributed by atoms with van der Waals surface area (Å²) >= 11 is 0. The Bertz CT molecular complexity index is 787. The van der Waals surface area contributed by atoms with Gasteiger partial charge in [0.05, 0.1) is 14.2 Å². The number of fused-ring (bicyclic) bond motifs is 1. The number of benzene rings is 2. The molecule has 0 amide bonds. The highest BCUT2D eigenvalue weighted by molar-refractivity contribution is 5.95. The number of carbonyl (C=O) groups is 2. The van der Waals surface area contributed by atoms with Crippen LogP contribution in [0, 0.1) is 17.7 Å². The Labute approximate surface area is 151 Å². The Morgan fingerprint density at radius 3 is 2.31 bits per heavy atom. The molecule has 1 aliphatic rings. The molecule has 0 N–H and O–H groups in total. The molecule has 3 rings (SSSR count). The highest BCUT2D eigenvalue weighted by Crippen LogP contribution is 2.42. The molecule has 0 aromatic heterocycles. The van der Waals surface area contributed by atoms with Crippen molar-refractivity contribution in [3.8, 4) is 0 Å². The SMILES string of the molecule is COC(=O)C(C(=O)OC)[C@@H]1Cc2ccc(F)cc2[C@H](c2ccccc2)C1. The van der Waals surface area contributed by atoms with E-state index in [-0.39, 0.29) is 17.7 Å². The van der Waals surface area contributed by atoms with Crippen LogP contribution >= 0.6 is 0 Å². The number of methoxy groups -OCH3 is 2. The Kier molecular flexibility index (Phi) is 5.35. The van der Waals surface area contributed by atoms with Crippen LogP contribution in [0.3, 0.4) is 0 Å². The summed E-state index contributed by atoms with van der Waals surface area (Å²) < 4.78 is 23.5. The third kappa shape index (κ3) is 3.47. The summed E-state index contributed by atoms with van der Waals surface area (Å²) in [5, 5.41) is 0. The van der Waals surface area contributed by atoms with Crippen LogP contribution < -0.4 is 0 Å². The van der Waals surface area contributed by atoms with Crippen LogP contribution in [0.5, 0.6) is 0 Å². The third-order valence-electron chi connectivity index (χ3n) is 5.09. The van der Waals surface area contributed by atoms with Crippen molar-refractivity contribution in [3.05, 3.63) is 71.0 Å². The van der Waals surface area contributed by atoms with E-state index in [1.165, 1.54) is 20.3 Å². The first-order valence-corrected chi connectivity index (χ1v) is 8.54. The first-order valence-electron chi connectivity index (χ1n) is 8.54. The van der Waals surface area contributed by atoms with Gasteiger partial charge in [-0.05, 0) is 47.6 Å². The minimum atomic E-state index is -0.991. The molecule has 2 aromatic carbocycles. The fourth-order valence-corrected chi connectivity index (χ4v) is 3.86. The molecule has 0 unspecified atom stereocenters. The van der Waals surface area contributed by atoms with Gasteiger partial charge >= 0.3 is 11.9 Å². The fourth-order valence-electron chi connectivity index (χ4n) is 3.86. The molecule has 4 nitrogen and oxygen atoms in total. The second kappa shape index (κ2) is 7.68. The molecular weight excluding hydrogens is 335 g/mol. The quantitative estimate of drug-likeness (QED) is 0.622. The fraction of sp³-hybridized carbons (Fsp3) is 0.333. The normalized spacial score (nSPS) is 18.9. The van der Waals surface area contributed by atoms with E-state index < -0.39 is 17.9 Å². The van der Waals surface area contributed by atoms with Crippen molar-refractivity contribution in [1.82, 2.24) is 0 Å². The average Bonchev–Trinajstić information content (AvgIpc) is 2.68. The highest BCUT2D eigenvalue weighted by Gasteiger charge is 2.41. The summed E-state index contributed by atoms with van der Waals surface area (Å²) in [6.45, 7) is 0. The van der Waals surface area contributed by atoms with Gasteiger partial charge in [0, 0.05) is 5.92 Å². The van der Waals surface area contributed by atoms with Gasteiger partial charge < -0.3 is 9.47 Å². The Morgan fingerprint density at radius 1 is 1.04 bits per heavy atom. The van der Waals surface area contributed by atoms with Crippen LogP contribution in [0.15, 0.2) is 48.5 Å². The predicted molar refractivity (Wildman–Crippen MR) is 94.0 cm³/mol. The van der Waals surface area contributed by atoms with Gasteiger partial charge in [-0.2, -0.15) is 0 Å². The molecule has 136 valence electrons. The van der Waals surface area contributed by atoms with Gasteiger partial charge in [0.2, 0.25) is 0 Å².